The van der Waals surface area contributed by atoms with E-state index in [9.17, 15) is 0 Å². The summed E-state index contributed by atoms with van der Waals surface area (Å²) in [6.45, 7) is 11.1. The predicted molar refractivity (Wildman–Crippen MR) is 64.2 cm³/mol. The van der Waals surface area contributed by atoms with Crippen LogP contribution in [0.4, 0.5) is 0 Å². The summed E-state index contributed by atoms with van der Waals surface area (Å²) in [5.74, 6) is 0.778. The first-order valence-corrected chi connectivity index (χ1v) is 6.09. The van der Waals surface area contributed by atoms with E-state index in [1.54, 1.807) is 7.11 Å². The van der Waals surface area contributed by atoms with E-state index >= 15 is 0 Å². The van der Waals surface area contributed by atoms with Crippen LogP contribution in [0.3, 0.4) is 0 Å². The fraction of sp³-hybridized carbons (Fsp3) is 1.00. The van der Waals surface area contributed by atoms with Gasteiger partial charge in [0.05, 0.1) is 6.61 Å². The summed E-state index contributed by atoms with van der Waals surface area (Å²) in [5.41, 5.74) is 0. The quantitative estimate of drug-likeness (QED) is 0.747. The zero-order valence-corrected chi connectivity index (χ0v) is 10.6. The normalized spacial score (nSPS) is 25.8. The number of rotatable bonds is 5. The van der Waals surface area contributed by atoms with Crippen molar-refractivity contribution in [3.8, 4) is 0 Å². The number of hydrogen-bond acceptors (Lipinski definition) is 3. The topological polar surface area (TPSA) is 24.5 Å². The number of methoxy groups -OCH3 is 1. The molecule has 0 aromatic heterocycles. The van der Waals surface area contributed by atoms with Gasteiger partial charge in [0, 0.05) is 38.8 Å². The standard InChI is InChI=1S/C12H26N2O/c1-10(2)7-12-8-14(6-5-13-12)11(3)9-15-4/h10-13H,5-9H2,1-4H3. The van der Waals surface area contributed by atoms with Gasteiger partial charge in [0.15, 0.2) is 0 Å². The maximum atomic E-state index is 5.21. The van der Waals surface area contributed by atoms with Gasteiger partial charge >= 0.3 is 0 Å². The summed E-state index contributed by atoms with van der Waals surface area (Å²) in [6, 6.07) is 1.21. The molecule has 1 heterocycles. The lowest BCUT2D eigenvalue weighted by molar-refractivity contribution is 0.0753. The van der Waals surface area contributed by atoms with E-state index < -0.39 is 0 Å². The Hall–Kier alpha value is -0.120. The zero-order valence-electron chi connectivity index (χ0n) is 10.6. The van der Waals surface area contributed by atoms with Crippen molar-refractivity contribution >= 4 is 0 Å². The van der Waals surface area contributed by atoms with E-state index in [0.717, 1.165) is 25.6 Å². The minimum atomic E-state index is 0.548. The second-order valence-corrected chi connectivity index (χ2v) is 5.08. The van der Waals surface area contributed by atoms with Crippen LogP contribution in [0.25, 0.3) is 0 Å². The lowest BCUT2D eigenvalue weighted by atomic mass is 10.0. The third-order valence-electron chi connectivity index (χ3n) is 3.07. The fourth-order valence-electron chi connectivity index (χ4n) is 2.33. The fourth-order valence-corrected chi connectivity index (χ4v) is 2.33. The number of nitrogens with one attached hydrogen (secondary N) is 1. The molecule has 2 unspecified atom stereocenters. The van der Waals surface area contributed by atoms with E-state index in [-0.39, 0.29) is 0 Å². The summed E-state index contributed by atoms with van der Waals surface area (Å²) in [7, 11) is 1.78. The Bertz CT molecular complexity index is 173. The SMILES string of the molecule is COCC(C)N1CCNC(CC(C)C)C1. The molecule has 1 saturated heterocycles. The molecule has 1 fully saturated rings. The Morgan fingerprint density at radius 1 is 1.40 bits per heavy atom. The molecule has 1 aliphatic rings. The van der Waals surface area contributed by atoms with E-state index in [1.807, 2.05) is 0 Å². The van der Waals surface area contributed by atoms with Crippen molar-refractivity contribution in [3.63, 3.8) is 0 Å². The van der Waals surface area contributed by atoms with Gasteiger partial charge in [-0.15, -0.1) is 0 Å². The largest absolute Gasteiger partial charge is 0.383 e. The van der Waals surface area contributed by atoms with Gasteiger partial charge in [0.25, 0.3) is 0 Å². The number of nitrogens with zero attached hydrogens (tertiary/aromatic N) is 1. The molecule has 0 aromatic rings. The van der Waals surface area contributed by atoms with Gasteiger partial charge < -0.3 is 10.1 Å². The molecule has 1 N–H and O–H groups in total. The summed E-state index contributed by atoms with van der Waals surface area (Å²) in [4.78, 5) is 2.53. The Kier molecular flexibility index (Phi) is 5.58. The van der Waals surface area contributed by atoms with Crippen molar-refractivity contribution < 1.29 is 4.74 Å². The van der Waals surface area contributed by atoms with Crippen LogP contribution in [-0.4, -0.2) is 50.3 Å². The summed E-state index contributed by atoms with van der Waals surface area (Å²) >= 11 is 0. The molecule has 0 aromatic carbocycles. The summed E-state index contributed by atoms with van der Waals surface area (Å²) in [5, 5.41) is 3.59. The summed E-state index contributed by atoms with van der Waals surface area (Å²) < 4.78 is 5.21. The molecule has 0 radical (unpaired) electrons. The van der Waals surface area contributed by atoms with Crippen molar-refractivity contribution in [3.05, 3.63) is 0 Å². The van der Waals surface area contributed by atoms with Crippen molar-refractivity contribution in [1.82, 2.24) is 10.2 Å². The highest BCUT2D eigenvalue weighted by Gasteiger charge is 2.23. The van der Waals surface area contributed by atoms with Crippen molar-refractivity contribution in [1.29, 1.82) is 0 Å². The van der Waals surface area contributed by atoms with Crippen LogP contribution in [-0.2, 0) is 4.74 Å². The van der Waals surface area contributed by atoms with Crippen LogP contribution in [0.2, 0.25) is 0 Å². The maximum Gasteiger partial charge on any atom is 0.0615 e. The molecule has 0 saturated carbocycles. The zero-order chi connectivity index (χ0) is 11.3. The van der Waals surface area contributed by atoms with Gasteiger partial charge in [0.1, 0.15) is 0 Å². The average Bonchev–Trinajstić information content (AvgIpc) is 2.17. The Morgan fingerprint density at radius 3 is 2.73 bits per heavy atom. The van der Waals surface area contributed by atoms with E-state index in [1.165, 1.54) is 13.0 Å². The predicted octanol–water partition coefficient (Wildman–Crippen LogP) is 1.34. The number of hydrogen-bond donors (Lipinski definition) is 1. The lowest BCUT2D eigenvalue weighted by Crippen LogP contribution is -2.54. The second-order valence-electron chi connectivity index (χ2n) is 5.08. The molecule has 2 atom stereocenters. The molecule has 0 spiro atoms. The highest BCUT2D eigenvalue weighted by Crippen LogP contribution is 2.11. The van der Waals surface area contributed by atoms with Crippen LogP contribution in [0.5, 0.6) is 0 Å². The van der Waals surface area contributed by atoms with Gasteiger partial charge in [-0.1, -0.05) is 13.8 Å². The van der Waals surface area contributed by atoms with Gasteiger partial charge in [-0.3, -0.25) is 4.90 Å². The molecule has 1 rings (SSSR count). The van der Waals surface area contributed by atoms with E-state index in [0.29, 0.717) is 12.1 Å². The Balaban J connectivity index is 2.34. The molecule has 0 amide bonds. The van der Waals surface area contributed by atoms with Crippen LogP contribution < -0.4 is 5.32 Å². The van der Waals surface area contributed by atoms with Gasteiger partial charge in [-0.2, -0.15) is 0 Å². The van der Waals surface area contributed by atoms with Crippen molar-refractivity contribution in [2.75, 3.05) is 33.4 Å². The summed E-state index contributed by atoms with van der Waals surface area (Å²) in [6.07, 6.45) is 1.27. The average molecular weight is 214 g/mol. The molecule has 1 aliphatic heterocycles. The molecular weight excluding hydrogens is 188 g/mol. The van der Waals surface area contributed by atoms with Crippen LogP contribution >= 0.6 is 0 Å². The first kappa shape index (κ1) is 12.9. The molecule has 15 heavy (non-hydrogen) atoms. The molecular formula is C12H26N2O. The first-order chi connectivity index (χ1) is 7.13. The van der Waals surface area contributed by atoms with Crippen LogP contribution in [0, 0.1) is 5.92 Å². The van der Waals surface area contributed by atoms with Crippen molar-refractivity contribution in [2.45, 2.75) is 39.3 Å². The Labute approximate surface area is 94.2 Å². The van der Waals surface area contributed by atoms with E-state index in [4.69, 9.17) is 4.74 Å². The van der Waals surface area contributed by atoms with E-state index in [2.05, 4.69) is 31.0 Å². The molecule has 0 bridgehead atoms. The maximum absolute atomic E-state index is 5.21. The third kappa shape index (κ3) is 4.49. The highest BCUT2D eigenvalue weighted by atomic mass is 16.5. The number of ether oxygens (including phenoxy) is 1. The highest BCUT2D eigenvalue weighted by molar-refractivity contribution is 4.82. The molecule has 90 valence electrons. The smallest absolute Gasteiger partial charge is 0.0615 e. The third-order valence-corrected chi connectivity index (χ3v) is 3.07. The number of piperazine rings is 1. The molecule has 3 nitrogen and oxygen atoms in total. The lowest BCUT2D eigenvalue weighted by Gasteiger charge is -2.37. The van der Waals surface area contributed by atoms with Crippen LogP contribution in [0.1, 0.15) is 27.2 Å². The van der Waals surface area contributed by atoms with Gasteiger partial charge in [-0.05, 0) is 19.3 Å². The molecule has 3 heteroatoms. The second kappa shape index (κ2) is 6.46. The monoisotopic (exact) mass is 214 g/mol. The molecule has 0 aliphatic carbocycles. The van der Waals surface area contributed by atoms with Crippen LogP contribution in [0.15, 0.2) is 0 Å². The minimum Gasteiger partial charge on any atom is -0.383 e. The van der Waals surface area contributed by atoms with Gasteiger partial charge in [-0.25, -0.2) is 0 Å². The Morgan fingerprint density at radius 2 is 2.13 bits per heavy atom. The minimum absolute atomic E-state index is 0.548. The van der Waals surface area contributed by atoms with Gasteiger partial charge in [0.2, 0.25) is 0 Å². The van der Waals surface area contributed by atoms with Crippen molar-refractivity contribution in [2.24, 2.45) is 5.92 Å². The first-order valence-electron chi connectivity index (χ1n) is 6.09.